The highest BCUT2D eigenvalue weighted by Gasteiger charge is 2.39. The van der Waals surface area contributed by atoms with Crippen molar-refractivity contribution in [3.8, 4) is 11.7 Å². The van der Waals surface area contributed by atoms with E-state index in [2.05, 4.69) is 15.1 Å². The van der Waals surface area contributed by atoms with E-state index in [-0.39, 0.29) is 36.6 Å². The van der Waals surface area contributed by atoms with Crippen molar-refractivity contribution in [2.45, 2.75) is 52.6 Å². The minimum absolute atomic E-state index is 0. The van der Waals surface area contributed by atoms with Crippen LogP contribution in [0.15, 0.2) is 23.0 Å². The number of alkyl halides is 3. The van der Waals surface area contributed by atoms with Gasteiger partial charge in [0.25, 0.3) is 0 Å². The van der Waals surface area contributed by atoms with Gasteiger partial charge in [-0.05, 0) is 38.5 Å². The molecule has 1 N–H and O–H groups in total. The lowest BCUT2D eigenvalue weighted by atomic mass is 10.0. The second kappa shape index (κ2) is 11.4. The summed E-state index contributed by atoms with van der Waals surface area (Å²) in [7, 11) is 0. The van der Waals surface area contributed by atoms with E-state index in [4.69, 9.17) is 16.3 Å². The standard InChI is InChI=1S/C21H20ClF4N5O4.H2S/c1-4-30-16(9-32)29-31(20(30)34)18-14(23)8-13(19(28-18)35-11(3)21(24,25)26)15(33)7-12-6-5-10(2)27-17(12)22;/h5-6,8,11,32H,4,7,9H2,1-3H3;1H2/t11-;/m0./s1. The number of aromatic nitrogens is 5. The third-order valence-electron chi connectivity index (χ3n) is 4.99. The summed E-state index contributed by atoms with van der Waals surface area (Å²) in [4.78, 5) is 33.3. The van der Waals surface area contributed by atoms with Gasteiger partial charge in [-0.3, -0.25) is 9.36 Å². The number of hydrogen-bond acceptors (Lipinski definition) is 7. The highest BCUT2D eigenvalue weighted by atomic mass is 35.5. The van der Waals surface area contributed by atoms with E-state index in [1.54, 1.807) is 19.9 Å². The van der Waals surface area contributed by atoms with Crippen LogP contribution in [-0.2, 0) is 19.6 Å². The molecule has 9 nitrogen and oxygen atoms in total. The first-order valence-corrected chi connectivity index (χ1v) is 10.6. The molecule has 0 aliphatic carbocycles. The van der Waals surface area contributed by atoms with Gasteiger partial charge in [0.05, 0.1) is 5.56 Å². The van der Waals surface area contributed by atoms with Crippen LogP contribution in [0.5, 0.6) is 5.88 Å². The number of Topliss-reactive ketones (excluding diaryl/α,β-unsaturated/α-hetero) is 1. The summed E-state index contributed by atoms with van der Waals surface area (Å²) in [5, 5.41) is 13.2. The van der Waals surface area contributed by atoms with Crippen molar-refractivity contribution >= 4 is 30.9 Å². The van der Waals surface area contributed by atoms with E-state index in [1.165, 1.54) is 6.07 Å². The Morgan fingerprint density at radius 3 is 2.47 bits per heavy atom. The summed E-state index contributed by atoms with van der Waals surface area (Å²) >= 11 is 6.04. The molecule has 0 amide bonds. The summed E-state index contributed by atoms with van der Waals surface area (Å²) in [5.41, 5.74) is -0.656. The van der Waals surface area contributed by atoms with Crippen LogP contribution in [0.4, 0.5) is 17.6 Å². The quantitative estimate of drug-likeness (QED) is 0.260. The van der Waals surface area contributed by atoms with Crippen molar-refractivity contribution < 1.29 is 32.2 Å². The van der Waals surface area contributed by atoms with Gasteiger partial charge in [-0.1, -0.05) is 17.7 Å². The molecule has 3 aromatic heterocycles. The molecule has 0 bridgehead atoms. The van der Waals surface area contributed by atoms with Crippen LogP contribution in [0.1, 0.15) is 41.3 Å². The summed E-state index contributed by atoms with van der Waals surface area (Å²) in [5.74, 6) is -3.83. The van der Waals surface area contributed by atoms with E-state index in [9.17, 15) is 27.9 Å². The molecule has 0 aliphatic heterocycles. The number of hydrogen-bond donors (Lipinski definition) is 1. The lowest BCUT2D eigenvalue weighted by molar-refractivity contribution is -0.190. The molecule has 0 fully saturated rings. The minimum Gasteiger partial charge on any atom is -0.464 e. The van der Waals surface area contributed by atoms with Gasteiger partial charge in [0, 0.05) is 18.7 Å². The molecule has 3 aromatic rings. The molecule has 3 rings (SSSR count). The number of aliphatic hydroxyl groups excluding tert-OH is 1. The fourth-order valence-electron chi connectivity index (χ4n) is 3.10. The number of pyridine rings is 2. The SMILES string of the molecule is CCn1c(CO)nn(-c2nc(O[C@@H](C)C(F)(F)F)c(C(=O)Cc3ccc(C)nc3Cl)cc2F)c1=O.S. The van der Waals surface area contributed by atoms with E-state index >= 15 is 4.39 Å². The van der Waals surface area contributed by atoms with Gasteiger partial charge in [0.1, 0.15) is 11.8 Å². The summed E-state index contributed by atoms with van der Waals surface area (Å²) in [6, 6.07) is 3.70. The lowest BCUT2D eigenvalue weighted by Gasteiger charge is -2.19. The number of halogens is 5. The Bertz CT molecular complexity index is 1330. The van der Waals surface area contributed by atoms with E-state index in [0.717, 1.165) is 4.57 Å². The topological polar surface area (TPSA) is 112 Å². The largest absolute Gasteiger partial charge is 0.464 e. The predicted octanol–water partition coefficient (Wildman–Crippen LogP) is 3.30. The molecule has 0 aliphatic rings. The second-order valence-corrected chi connectivity index (χ2v) is 7.82. The lowest BCUT2D eigenvalue weighted by Crippen LogP contribution is -2.32. The first-order chi connectivity index (χ1) is 16.4. The second-order valence-electron chi connectivity index (χ2n) is 7.46. The number of aryl methyl sites for hydroxylation is 1. The smallest absolute Gasteiger partial charge is 0.425 e. The highest BCUT2D eigenvalue weighted by Crippen LogP contribution is 2.29. The van der Waals surface area contributed by atoms with Crippen molar-refractivity contribution in [2.24, 2.45) is 0 Å². The van der Waals surface area contributed by atoms with Crippen LogP contribution in [0, 0.1) is 12.7 Å². The molecule has 0 aromatic carbocycles. The Morgan fingerprint density at radius 1 is 1.28 bits per heavy atom. The van der Waals surface area contributed by atoms with Gasteiger partial charge < -0.3 is 9.84 Å². The van der Waals surface area contributed by atoms with Crippen molar-refractivity contribution in [2.75, 3.05) is 0 Å². The van der Waals surface area contributed by atoms with Gasteiger partial charge in [-0.15, -0.1) is 5.10 Å². The molecule has 0 spiro atoms. The maximum Gasteiger partial charge on any atom is 0.425 e. The number of ketones is 1. The maximum absolute atomic E-state index is 15.0. The molecular formula is C21H22ClF4N5O4S. The molecule has 196 valence electrons. The Kier molecular flexibility index (Phi) is 9.26. The highest BCUT2D eigenvalue weighted by molar-refractivity contribution is 7.59. The van der Waals surface area contributed by atoms with Crippen molar-refractivity contribution in [1.29, 1.82) is 0 Å². The third-order valence-corrected chi connectivity index (χ3v) is 5.31. The Labute approximate surface area is 214 Å². The third kappa shape index (κ3) is 6.05. The van der Waals surface area contributed by atoms with Gasteiger partial charge in [-0.2, -0.15) is 36.3 Å². The van der Waals surface area contributed by atoms with Gasteiger partial charge >= 0.3 is 11.9 Å². The van der Waals surface area contributed by atoms with Crippen molar-refractivity contribution in [1.82, 2.24) is 24.3 Å². The van der Waals surface area contributed by atoms with Gasteiger partial charge in [-0.25, -0.2) is 14.2 Å². The van der Waals surface area contributed by atoms with E-state index in [1.807, 2.05) is 0 Å². The monoisotopic (exact) mass is 551 g/mol. The Hall–Kier alpha value is -2.97. The molecule has 3 heterocycles. The molecular weight excluding hydrogens is 530 g/mol. The average molecular weight is 552 g/mol. The first-order valence-electron chi connectivity index (χ1n) is 10.3. The van der Waals surface area contributed by atoms with Crippen LogP contribution in [0.2, 0.25) is 5.15 Å². The molecule has 1 atom stereocenters. The fourth-order valence-corrected chi connectivity index (χ4v) is 3.36. The van der Waals surface area contributed by atoms with E-state index in [0.29, 0.717) is 23.4 Å². The molecule has 0 radical (unpaired) electrons. The molecule has 0 saturated heterocycles. The van der Waals surface area contributed by atoms with Gasteiger partial charge in [0.2, 0.25) is 5.88 Å². The number of rotatable bonds is 8. The zero-order valence-corrected chi connectivity index (χ0v) is 21.0. The van der Waals surface area contributed by atoms with Crippen LogP contribution >= 0.6 is 25.1 Å². The van der Waals surface area contributed by atoms with Crippen molar-refractivity contribution in [3.05, 3.63) is 62.3 Å². The average Bonchev–Trinajstić information content (AvgIpc) is 3.10. The van der Waals surface area contributed by atoms with Gasteiger partial charge in [0.15, 0.2) is 29.3 Å². The van der Waals surface area contributed by atoms with Crippen LogP contribution in [-0.4, -0.2) is 47.5 Å². The van der Waals surface area contributed by atoms with Crippen molar-refractivity contribution in [3.63, 3.8) is 0 Å². The van der Waals surface area contributed by atoms with E-state index < -0.39 is 59.9 Å². The Balaban J connectivity index is 0.00000456. The molecule has 36 heavy (non-hydrogen) atoms. The first kappa shape index (κ1) is 29.3. The van der Waals surface area contributed by atoms with Crippen LogP contribution in [0.3, 0.4) is 0 Å². The zero-order chi connectivity index (χ0) is 26.1. The normalized spacial score (nSPS) is 12.2. The number of aliphatic hydroxyl groups is 1. The summed E-state index contributed by atoms with van der Waals surface area (Å²) in [6.45, 7) is 3.34. The Morgan fingerprint density at radius 2 is 1.94 bits per heavy atom. The zero-order valence-electron chi connectivity index (χ0n) is 19.2. The van der Waals surface area contributed by atoms with Crippen LogP contribution < -0.4 is 10.4 Å². The minimum atomic E-state index is -4.83. The number of carbonyl (C=O) groups excluding carboxylic acids is 1. The molecule has 0 unspecified atom stereocenters. The number of ether oxygens (including phenoxy) is 1. The maximum atomic E-state index is 15.0. The predicted molar refractivity (Wildman–Crippen MR) is 126 cm³/mol. The number of nitrogens with zero attached hydrogens (tertiary/aromatic N) is 5. The van der Waals surface area contributed by atoms with Crippen LogP contribution in [0.25, 0.3) is 5.82 Å². The summed E-state index contributed by atoms with van der Waals surface area (Å²) < 4.78 is 61.0. The number of carbonyl (C=O) groups is 1. The fraction of sp³-hybridized carbons (Fsp3) is 0.381. The molecule has 0 saturated carbocycles. The summed E-state index contributed by atoms with van der Waals surface area (Å²) in [6.07, 6.45) is -7.67. The molecule has 15 heteroatoms.